The molecule has 1 aliphatic carbocycles. The maximum absolute atomic E-state index is 12.8. The Morgan fingerprint density at radius 3 is 2.52 bits per heavy atom. The number of amides is 2. The average Bonchev–Trinajstić information content (AvgIpc) is 2.95. The van der Waals surface area contributed by atoms with Crippen LogP contribution in [-0.2, 0) is 15.0 Å². The van der Waals surface area contributed by atoms with Gasteiger partial charge >= 0.3 is 0 Å². The third-order valence-electron chi connectivity index (χ3n) is 5.82. The van der Waals surface area contributed by atoms with Gasteiger partial charge in [-0.1, -0.05) is 49.6 Å². The zero-order valence-electron chi connectivity index (χ0n) is 15.5. The van der Waals surface area contributed by atoms with E-state index in [0.717, 1.165) is 12.1 Å². The molecule has 1 aromatic rings. The van der Waals surface area contributed by atoms with Crippen molar-refractivity contribution in [2.45, 2.75) is 63.8 Å². The van der Waals surface area contributed by atoms with Gasteiger partial charge in [-0.05, 0) is 38.2 Å². The normalized spacial score (nSPS) is 22.2. The second kappa shape index (κ2) is 7.59. The van der Waals surface area contributed by atoms with Crippen molar-refractivity contribution in [3.63, 3.8) is 0 Å². The molecule has 0 bridgehead atoms. The third-order valence-corrected chi connectivity index (χ3v) is 5.82. The van der Waals surface area contributed by atoms with Gasteiger partial charge in [0.25, 0.3) is 0 Å². The van der Waals surface area contributed by atoms with Crippen molar-refractivity contribution < 1.29 is 9.59 Å². The molecule has 0 spiro atoms. The molecule has 2 amide bonds. The average molecular weight is 342 g/mol. The summed E-state index contributed by atoms with van der Waals surface area (Å²) < 4.78 is 0. The first kappa shape index (κ1) is 18.0. The number of rotatable bonds is 5. The quantitative estimate of drug-likeness (QED) is 0.893. The Bertz CT molecular complexity index is 606. The lowest BCUT2D eigenvalue weighted by atomic mass is 9.83. The molecule has 1 saturated heterocycles. The molecule has 1 aromatic carbocycles. The predicted octanol–water partition coefficient (Wildman–Crippen LogP) is 3.26. The largest absolute Gasteiger partial charge is 0.350 e. The monoisotopic (exact) mass is 342 g/mol. The molecule has 4 nitrogen and oxygen atoms in total. The van der Waals surface area contributed by atoms with Crippen molar-refractivity contribution >= 4 is 11.8 Å². The summed E-state index contributed by atoms with van der Waals surface area (Å²) in [6, 6.07) is 9.76. The van der Waals surface area contributed by atoms with E-state index >= 15 is 0 Å². The fourth-order valence-corrected chi connectivity index (χ4v) is 4.08. The fraction of sp³-hybridized carbons (Fsp3) is 0.619. The number of carbonyl (C=O) groups is 2. The van der Waals surface area contributed by atoms with E-state index in [2.05, 4.69) is 5.32 Å². The molecule has 1 unspecified atom stereocenters. The topological polar surface area (TPSA) is 49.4 Å². The third kappa shape index (κ3) is 4.23. The zero-order chi connectivity index (χ0) is 17.9. The molecule has 25 heavy (non-hydrogen) atoms. The van der Waals surface area contributed by atoms with Crippen LogP contribution < -0.4 is 5.32 Å². The maximum atomic E-state index is 12.8. The van der Waals surface area contributed by atoms with E-state index in [4.69, 9.17) is 0 Å². The summed E-state index contributed by atoms with van der Waals surface area (Å²) in [6.07, 6.45) is 6.82. The van der Waals surface area contributed by atoms with Gasteiger partial charge in [0.1, 0.15) is 0 Å². The van der Waals surface area contributed by atoms with Crippen LogP contribution in [0.3, 0.4) is 0 Å². The molecule has 1 saturated carbocycles. The van der Waals surface area contributed by atoms with Crippen molar-refractivity contribution in [1.82, 2.24) is 10.2 Å². The minimum absolute atomic E-state index is 0.00369. The first-order chi connectivity index (χ1) is 12.0. The Morgan fingerprint density at radius 1 is 1.16 bits per heavy atom. The zero-order valence-corrected chi connectivity index (χ0v) is 15.5. The highest BCUT2D eigenvalue weighted by Gasteiger charge is 2.36. The Labute approximate surface area is 151 Å². The molecular weight excluding hydrogens is 312 g/mol. The van der Waals surface area contributed by atoms with Crippen molar-refractivity contribution in [2.75, 3.05) is 13.1 Å². The van der Waals surface area contributed by atoms with E-state index in [9.17, 15) is 9.59 Å². The van der Waals surface area contributed by atoms with E-state index in [1.54, 1.807) is 0 Å². The molecular formula is C21H30N2O2. The molecule has 0 aromatic heterocycles. The molecule has 1 N–H and O–H groups in total. The van der Waals surface area contributed by atoms with Gasteiger partial charge in [0.2, 0.25) is 11.8 Å². The number of nitrogens with one attached hydrogen (secondary N) is 1. The van der Waals surface area contributed by atoms with Crippen LogP contribution in [0.4, 0.5) is 0 Å². The highest BCUT2D eigenvalue weighted by Crippen LogP contribution is 2.27. The Kier molecular flexibility index (Phi) is 5.45. The van der Waals surface area contributed by atoms with Crippen LogP contribution in [0, 0.1) is 5.92 Å². The van der Waals surface area contributed by atoms with Crippen LogP contribution in [0.25, 0.3) is 0 Å². The summed E-state index contributed by atoms with van der Waals surface area (Å²) >= 11 is 0. The first-order valence-electron chi connectivity index (χ1n) is 9.61. The van der Waals surface area contributed by atoms with Crippen molar-refractivity contribution in [2.24, 2.45) is 5.92 Å². The van der Waals surface area contributed by atoms with Crippen molar-refractivity contribution in [3.05, 3.63) is 35.9 Å². The van der Waals surface area contributed by atoms with Gasteiger partial charge in [-0.15, -0.1) is 0 Å². The molecule has 1 atom stereocenters. The van der Waals surface area contributed by atoms with Crippen LogP contribution in [0.15, 0.2) is 30.3 Å². The van der Waals surface area contributed by atoms with Gasteiger partial charge in [-0.2, -0.15) is 0 Å². The number of carbonyl (C=O) groups excluding carboxylic acids is 2. The van der Waals surface area contributed by atoms with E-state index in [0.29, 0.717) is 18.9 Å². The van der Waals surface area contributed by atoms with Crippen LogP contribution >= 0.6 is 0 Å². The van der Waals surface area contributed by atoms with E-state index in [1.165, 1.54) is 32.1 Å². The Hall–Kier alpha value is -1.84. The molecule has 4 heteroatoms. The highest BCUT2D eigenvalue weighted by molar-refractivity contribution is 5.89. The number of likely N-dealkylation sites (tertiary alicyclic amines) is 1. The SMILES string of the molecule is CC(C)(C(=O)NC1CC(=O)N(CC2CCCCC2)C1)c1ccccc1. The lowest BCUT2D eigenvalue weighted by molar-refractivity contribution is -0.128. The van der Waals surface area contributed by atoms with Crippen molar-refractivity contribution in [3.8, 4) is 0 Å². The molecule has 2 fully saturated rings. The molecule has 1 aliphatic heterocycles. The molecule has 2 aliphatic rings. The Morgan fingerprint density at radius 2 is 1.84 bits per heavy atom. The van der Waals surface area contributed by atoms with Gasteiger partial charge < -0.3 is 10.2 Å². The van der Waals surface area contributed by atoms with Crippen LogP contribution in [0.5, 0.6) is 0 Å². The van der Waals surface area contributed by atoms with Gasteiger partial charge in [0.15, 0.2) is 0 Å². The molecule has 1 heterocycles. The molecule has 136 valence electrons. The van der Waals surface area contributed by atoms with E-state index in [-0.39, 0.29) is 17.9 Å². The van der Waals surface area contributed by atoms with Gasteiger partial charge in [-0.25, -0.2) is 0 Å². The molecule has 3 rings (SSSR count). The van der Waals surface area contributed by atoms with Crippen molar-refractivity contribution in [1.29, 1.82) is 0 Å². The number of hydrogen-bond donors (Lipinski definition) is 1. The Balaban J connectivity index is 1.56. The summed E-state index contributed by atoms with van der Waals surface area (Å²) in [5, 5.41) is 3.11. The summed E-state index contributed by atoms with van der Waals surface area (Å²) in [6.45, 7) is 5.40. The summed E-state index contributed by atoms with van der Waals surface area (Å²) in [4.78, 5) is 27.1. The van der Waals surface area contributed by atoms with Crippen LogP contribution in [0.1, 0.15) is 57.9 Å². The minimum Gasteiger partial charge on any atom is -0.350 e. The molecule has 0 radical (unpaired) electrons. The predicted molar refractivity (Wildman–Crippen MR) is 99.2 cm³/mol. The van der Waals surface area contributed by atoms with Gasteiger partial charge in [0.05, 0.1) is 11.5 Å². The fourth-order valence-electron chi connectivity index (χ4n) is 4.08. The van der Waals surface area contributed by atoms with Crippen LogP contribution in [-0.4, -0.2) is 35.8 Å². The van der Waals surface area contributed by atoms with Gasteiger partial charge in [-0.3, -0.25) is 9.59 Å². The lowest BCUT2D eigenvalue weighted by Crippen LogP contribution is -2.46. The van der Waals surface area contributed by atoms with Crippen LogP contribution in [0.2, 0.25) is 0 Å². The number of hydrogen-bond acceptors (Lipinski definition) is 2. The minimum atomic E-state index is -0.596. The second-order valence-electron chi connectivity index (χ2n) is 8.17. The van der Waals surface area contributed by atoms with E-state index < -0.39 is 5.41 Å². The smallest absolute Gasteiger partial charge is 0.230 e. The summed E-state index contributed by atoms with van der Waals surface area (Å²) in [5.41, 5.74) is 0.400. The number of nitrogens with zero attached hydrogens (tertiary/aromatic N) is 1. The lowest BCUT2D eigenvalue weighted by Gasteiger charge is -2.28. The summed E-state index contributed by atoms with van der Waals surface area (Å²) in [5.74, 6) is 0.831. The summed E-state index contributed by atoms with van der Waals surface area (Å²) in [7, 11) is 0. The highest BCUT2D eigenvalue weighted by atomic mass is 16.2. The number of benzene rings is 1. The van der Waals surface area contributed by atoms with E-state index in [1.807, 2.05) is 49.1 Å². The first-order valence-corrected chi connectivity index (χ1v) is 9.61. The second-order valence-corrected chi connectivity index (χ2v) is 8.17. The standard InChI is InChI=1S/C21H30N2O2/c1-21(2,17-11-7-4-8-12-17)20(25)22-18-13-19(24)23(15-18)14-16-9-5-3-6-10-16/h4,7-8,11-12,16,18H,3,5-6,9-10,13-15H2,1-2H3,(H,22,25). The maximum Gasteiger partial charge on any atom is 0.230 e. The van der Waals surface area contributed by atoms with Gasteiger partial charge in [0, 0.05) is 19.5 Å².